The maximum atomic E-state index is 12.4. The Morgan fingerprint density at radius 1 is 1.07 bits per heavy atom. The van der Waals surface area contributed by atoms with Crippen molar-refractivity contribution in [3.05, 3.63) is 48.0 Å². The van der Waals surface area contributed by atoms with E-state index in [4.69, 9.17) is 14.2 Å². The third kappa shape index (κ3) is 4.66. The van der Waals surface area contributed by atoms with Crippen LogP contribution in [0.1, 0.15) is 12.0 Å². The molecule has 1 atom stereocenters. The molecule has 0 radical (unpaired) electrons. The molecule has 1 N–H and O–H groups in total. The molecular weight excluding hydrogens is 374 g/mol. The Hall–Kier alpha value is -3.55. The van der Waals surface area contributed by atoms with Crippen LogP contribution in [-0.2, 0) is 9.59 Å². The standard InChI is InChI=1S/C21H23N3O5/c1-27-17-7-5-16(6-8-17)24-13-15(11-20(24)25)21(26)23-22-12-14-4-9-18(28-2)19(10-14)29-3/h4-10,12,15H,11,13H2,1-3H3,(H,23,26)/b22-12-/t15-/m0/s1. The van der Waals surface area contributed by atoms with E-state index in [1.807, 2.05) is 0 Å². The first-order valence-corrected chi connectivity index (χ1v) is 9.05. The highest BCUT2D eigenvalue weighted by molar-refractivity contribution is 6.00. The molecule has 1 saturated heterocycles. The number of carbonyl (C=O) groups excluding carboxylic acids is 2. The Balaban J connectivity index is 1.59. The Kier molecular flexibility index (Phi) is 6.33. The van der Waals surface area contributed by atoms with E-state index in [1.165, 1.54) is 6.21 Å². The predicted octanol–water partition coefficient (Wildman–Crippen LogP) is 2.22. The molecule has 0 aliphatic carbocycles. The zero-order chi connectivity index (χ0) is 20.8. The highest BCUT2D eigenvalue weighted by Crippen LogP contribution is 2.28. The minimum absolute atomic E-state index is 0.0980. The van der Waals surface area contributed by atoms with Crippen molar-refractivity contribution in [1.82, 2.24) is 5.43 Å². The second kappa shape index (κ2) is 9.09. The van der Waals surface area contributed by atoms with Gasteiger partial charge in [-0.1, -0.05) is 0 Å². The van der Waals surface area contributed by atoms with Gasteiger partial charge in [0.05, 0.1) is 33.5 Å². The van der Waals surface area contributed by atoms with Crippen LogP contribution in [0.15, 0.2) is 47.6 Å². The van der Waals surface area contributed by atoms with E-state index in [0.29, 0.717) is 23.8 Å². The van der Waals surface area contributed by atoms with Crippen molar-refractivity contribution in [2.24, 2.45) is 11.0 Å². The summed E-state index contributed by atoms with van der Waals surface area (Å²) in [6.45, 7) is 0.308. The van der Waals surface area contributed by atoms with Gasteiger partial charge in [0.25, 0.3) is 0 Å². The van der Waals surface area contributed by atoms with E-state index in [-0.39, 0.29) is 18.2 Å². The van der Waals surface area contributed by atoms with Crippen LogP contribution in [0.2, 0.25) is 0 Å². The summed E-state index contributed by atoms with van der Waals surface area (Å²) < 4.78 is 15.6. The molecule has 8 nitrogen and oxygen atoms in total. The number of rotatable bonds is 7. The molecule has 1 fully saturated rings. The van der Waals surface area contributed by atoms with Gasteiger partial charge >= 0.3 is 0 Å². The molecule has 1 aliphatic rings. The maximum absolute atomic E-state index is 12.4. The molecule has 8 heteroatoms. The molecule has 29 heavy (non-hydrogen) atoms. The first-order chi connectivity index (χ1) is 14.0. The minimum atomic E-state index is -0.466. The number of hydrogen-bond acceptors (Lipinski definition) is 6. The number of hydrazone groups is 1. The van der Waals surface area contributed by atoms with Crippen LogP contribution in [-0.4, -0.2) is 45.9 Å². The SMILES string of the molecule is COc1ccc(N2C[C@@H](C(=O)N/N=C\c3ccc(OC)c(OC)c3)CC2=O)cc1. The molecule has 152 valence electrons. The van der Waals surface area contributed by atoms with Crippen LogP contribution in [0.4, 0.5) is 5.69 Å². The number of carbonyl (C=O) groups is 2. The molecule has 3 rings (SSSR count). The molecule has 0 aromatic heterocycles. The smallest absolute Gasteiger partial charge is 0.245 e. The highest BCUT2D eigenvalue weighted by Gasteiger charge is 2.35. The van der Waals surface area contributed by atoms with Crippen LogP contribution in [0.25, 0.3) is 0 Å². The molecule has 1 aliphatic heterocycles. The lowest BCUT2D eigenvalue weighted by Gasteiger charge is -2.16. The first kappa shape index (κ1) is 20.2. The summed E-state index contributed by atoms with van der Waals surface area (Å²) in [5.41, 5.74) is 3.99. The fourth-order valence-corrected chi connectivity index (χ4v) is 3.09. The normalized spacial score (nSPS) is 16.2. The topological polar surface area (TPSA) is 89.5 Å². The molecule has 1 heterocycles. The summed E-state index contributed by atoms with van der Waals surface area (Å²) in [5, 5.41) is 4.00. The third-order valence-corrected chi connectivity index (χ3v) is 4.68. The van der Waals surface area contributed by atoms with Gasteiger partial charge < -0.3 is 19.1 Å². The van der Waals surface area contributed by atoms with E-state index in [0.717, 1.165) is 11.3 Å². The Morgan fingerprint density at radius 3 is 2.45 bits per heavy atom. The number of nitrogens with one attached hydrogen (secondary N) is 1. The lowest BCUT2D eigenvalue weighted by atomic mass is 10.1. The van der Waals surface area contributed by atoms with Crippen molar-refractivity contribution in [3.63, 3.8) is 0 Å². The van der Waals surface area contributed by atoms with E-state index >= 15 is 0 Å². The first-order valence-electron chi connectivity index (χ1n) is 9.05. The van der Waals surface area contributed by atoms with Crippen LogP contribution in [0.5, 0.6) is 17.2 Å². The second-order valence-electron chi connectivity index (χ2n) is 6.45. The van der Waals surface area contributed by atoms with Crippen LogP contribution < -0.4 is 24.5 Å². The van der Waals surface area contributed by atoms with Gasteiger partial charge in [0.15, 0.2) is 11.5 Å². The van der Waals surface area contributed by atoms with E-state index in [9.17, 15) is 9.59 Å². The van der Waals surface area contributed by atoms with Crippen molar-refractivity contribution in [1.29, 1.82) is 0 Å². The summed E-state index contributed by atoms with van der Waals surface area (Å²) in [7, 11) is 4.69. The molecule has 0 saturated carbocycles. The van der Waals surface area contributed by atoms with Gasteiger partial charge in [-0.25, -0.2) is 5.43 Å². The molecule has 2 amide bonds. The number of methoxy groups -OCH3 is 3. The number of amides is 2. The maximum Gasteiger partial charge on any atom is 0.245 e. The van der Waals surface area contributed by atoms with Crippen LogP contribution in [0.3, 0.4) is 0 Å². The molecule has 0 spiro atoms. The average Bonchev–Trinajstić information content (AvgIpc) is 3.15. The third-order valence-electron chi connectivity index (χ3n) is 4.68. The summed E-state index contributed by atoms with van der Waals surface area (Å²) >= 11 is 0. The van der Waals surface area contributed by atoms with Gasteiger partial charge in [0.2, 0.25) is 11.8 Å². The Morgan fingerprint density at radius 2 is 1.79 bits per heavy atom. The predicted molar refractivity (Wildman–Crippen MR) is 109 cm³/mol. The zero-order valence-corrected chi connectivity index (χ0v) is 16.5. The van der Waals surface area contributed by atoms with E-state index in [1.54, 1.807) is 68.7 Å². The lowest BCUT2D eigenvalue weighted by molar-refractivity contribution is -0.126. The number of benzene rings is 2. The number of hydrogen-bond donors (Lipinski definition) is 1. The fourth-order valence-electron chi connectivity index (χ4n) is 3.09. The van der Waals surface area contributed by atoms with Gasteiger partial charge in [-0.3, -0.25) is 9.59 Å². The van der Waals surface area contributed by atoms with Crippen molar-refractivity contribution >= 4 is 23.7 Å². The second-order valence-corrected chi connectivity index (χ2v) is 6.45. The van der Waals surface area contributed by atoms with Crippen LogP contribution in [0, 0.1) is 5.92 Å². The van der Waals surface area contributed by atoms with Gasteiger partial charge in [0, 0.05) is 18.7 Å². The zero-order valence-electron chi connectivity index (χ0n) is 16.5. The van der Waals surface area contributed by atoms with E-state index < -0.39 is 5.92 Å². The van der Waals surface area contributed by atoms with Crippen LogP contribution >= 0.6 is 0 Å². The summed E-state index contributed by atoms with van der Waals surface area (Å²) in [6, 6.07) is 12.5. The molecule has 2 aromatic carbocycles. The van der Waals surface area contributed by atoms with Crippen molar-refractivity contribution in [2.75, 3.05) is 32.8 Å². The highest BCUT2D eigenvalue weighted by atomic mass is 16.5. The lowest BCUT2D eigenvalue weighted by Crippen LogP contribution is -2.30. The summed E-state index contributed by atoms with van der Waals surface area (Å²) in [5.74, 6) is 1.02. The number of nitrogens with zero attached hydrogens (tertiary/aromatic N) is 2. The summed E-state index contributed by atoms with van der Waals surface area (Å²) in [6.07, 6.45) is 1.65. The Bertz CT molecular complexity index is 911. The van der Waals surface area contributed by atoms with Crippen molar-refractivity contribution < 1.29 is 23.8 Å². The van der Waals surface area contributed by atoms with Gasteiger partial charge in [-0.15, -0.1) is 0 Å². The number of anilines is 1. The molecular formula is C21H23N3O5. The molecule has 0 bridgehead atoms. The monoisotopic (exact) mass is 397 g/mol. The fraction of sp³-hybridized carbons (Fsp3) is 0.286. The quantitative estimate of drug-likeness (QED) is 0.572. The Labute approximate surface area is 169 Å². The molecule has 0 unspecified atom stereocenters. The van der Waals surface area contributed by atoms with E-state index in [2.05, 4.69) is 10.5 Å². The summed E-state index contributed by atoms with van der Waals surface area (Å²) in [4.78, 5) is 26.3. The largest absolute Gasteiger partial charge is 0.497 e. The van der Waals surface area contributed by atoms with Gasteiger partial charge in [-0.05, 0) is 48.0 Å². The van der Waals surface area contributed by atoms with Gasteiger partial charge in [-0.2, -0.15) is 5.10 Å². The molecule has 2 aromatic rings. The average molecular weight is 397 g/mol. The number of ether oxygens (including phenoxy) is 3. The van der Waals surface area contributed by atoms with Crippen molar-refractivity contribution in [3.8, 4) is 17.2 Å². The minimum Gasteiger partial charge on any atom is -0.497 e. The van der Waals surface area contributed by atoms with Crippen molar-refractivity contribution in [2.45, 2.75) is 6.42 Å². The van der Waals surface area contributed by atoms with Gasteiger partial charge in [0.1, 0.15) is 5.75 Å².